The largest absolute Gasteiger partial charge is 0.294 e. The van der Waals surface area contributed by atoms with E-state index in [1.54, 1.807) is 11.1 Å². The molecule has 1 aromatic rings. The van der Waals surface area contributed by atoms with Gasteiger partial charge in [-0.05, 0) is 62.2 Å². The summed E-state index contributed by atoms with van der Waals surface area (Å²) < 4.78 is 0. The number of hydrogen-bond acceptors (Lipinski definition) is 1. The molecule has 2 aliphatic carbocycles. The Labute approximate surface area is 104 Å². The van der Waals surface area contributed by atoms with Crippen molar-refractivity contribution in [3.05, 3.63) is 35.4 Å². The normalized spacial score (nSPS) is 36.1. The van der Waals surface area contributed by atoms with Gasteiger partial charge < -0.3 is 0 Å². The fourth-order valence-electron chi connectivity index (χ4n) is 4.59. The molecular weight excluding hydrogens is 206 g/mol. The Hall–Kier alpha value is -0.820. The zero-order valence-electron chi connectivity index (χ0n) is 10.5. The first-order valence-corrected chi connectivity index (χ1v) is 7.25. The van der Waals surface area contributed by atoms with Crippen LogP contribution in [0.5, 0.6) is 0 Å². The maximum Gasteiger partial charge on any atom is 0.0469 e. The van der Waals surface area contributed by atoms with E-state index in [1.807, 2.05) is 0 Å². The molecule has 0 amide bonds. The van der Waals surface area contributed by atoms with Gasteiger partial charge in [-0.3, -0.25) is 4.90 Å². The first kappa shape index (κ1) is 10.1. The van der Waals surface area contributed by atoms with Crippen molar-refractivity contribution in [2.45, 2.75) is 50.0 Å². The van der Waals surface area contributed by atoms with Crippen molar-refractivity contribution in [3.8, 4) is 0 Å². The summed E-state index contributed by atoms with van der Waals surface area (Å²) >= 11 is 0. The minimum absolute atomic E-state index is 0.446. The molecule has 1 aromatic carbocycles. The molecule has 2 atom stereocenters. The van der Waals surface area contributed by atoms with E-state index >= 15 is 0 Å². The second-order valence-electron chi connectivity index (χ2n) is 6.11. The first-order valence-electron chi connectivity index (χ1n) is 7.25. The summed E-state index contributed by atoms with van der Waals surface area (Å²) in [5.41, 5.74) is 3.80. The molecule has 2 fully saturated rings. The molecule has 1 saturated heterocycles. The number of likely N-dealkylation sites (tertiary alicyclic amines) is 1. The first-order chi connectivity index (χ1) is 8.40. The SMILES string of the molecule is c1ccc2c(c1)[C@H]1CC[C@]2(N2CCCCC2)C1. The van der Waals surface area contributed by atoms with Crippen LogP contribution in [-0.4, -0.2) is 18.0 Å². The van der Waals surface area contributed by atoms with Gasteiger partial charge in [0.15, 0.2) is 0 Å². The average molecular weight is 227 g/mol. The molecule has 17 heavy (non-hydrogen) atoms. The van der Waals surface area contributed by atoms with Crippen LogP contribution in [-0.2, 0) is 5.54 Å². The predicted octanol–water partition coefficient (Wildman–Crippen LogP) is 3.65. The molecule has 1 heteroatoms. The van der Waals surface area contributed by atoms with Gasteiger partial charge in [-0.25, -0.2) is 0 Å². The molecule has 4 rings (SSSR count). The molecule has 1 aliphatic heterocycles. The summed E-state index contributed by atoms with van der Waals surface area (Å²) in [5.74, 6) is 0.869. The molecule has 0 aromatic heterocycles. The van der Waals surface area contributed by atoms with Crippen molar-refractivity contribution < 1.29 is 0 Å². The molecular formula is C16H21N. The van der Waals surface area contributed by atoms with Crippen molar-refractivity contribution in [1.82, 2.24) is 4.90 Å². The lowest BCUT2D eigenvalue weighted by Gasteiger charge is -2.43. The number of piperidine rings is 1. The van der Waals surface area contributed by atoms with Crippen molar-refractivity contribution in [2.75, 3.05) is 13.1 Å². The van der Waals surface area contributed by atoms with Gasteiger partial charge >= 0.3 is 0 Å². The second kappa shape index (κ2) is 3.58. The Morgan fingerprint density at radius 1 is 1.06 bits per heavy atom. The average Bonchev–Trinajstić information content (AvgIpc) is 2.98. The van der Waals surface area contributed by atoms with Crippen LogP contribution in [0.4, 0.5) is 0 Å². The van der Waals surface area contributed by atoms with E-state index in [2.05, 4.69) is 29.2 Å². The molecule has 0 N–H and O–H groups in total. The lowest BCUT2D eigenvalue weighted by atomic mass is 9.84. The molecule has 1 heterocycles. The van der Waals surface area contributed by atoms with E-state index in [4.69, 9.17) is 0 Å². The lowest BCUT2D eigenvalue weighted by molar-refractivity contribution is 0.0725. The number of nitrogens with zero attached hydrogens (tertiary/aromatic N) is 1. The van der Waals surface area contributed by atoms with Crippen molar-refractivity contribution in [3.63, 3.8) is 0 Å². The Bertz CT molecular complexity index is 433. The van der Waals surface area contributed by atoms with Crippen molar-refractivity contribution in [2.24, 2.45) is 0 Å². The maximum atomic E-state index is 2.82. The van der Waals surface area contributed by atoms with E-state index in [9.17, 15) is 0 Å². The molecule has 3 aliphatic rings. The van der Waals surface area contributed by atoms with Crippen LogP contribution in [0, 0.1) is 0 Å². The topological polar surface area (TPSA) is 3.24 Å². The Kier molecular flexibility index (Phi) is 2.14. The lowest BCUT2D eigenvalue weighted by Crippen LogP contribution is -2.46. The standard InChI is InChI=1S/C16H21N/c1-4-10-17(11-5-1)16-9-8-13(12-16)14-6-2-3-7-15(14)16/h2-3,6-7,13H,1,4-5,8-12H2/t13-,16-/m0/s1. The number of hydrogen-bond donors (Lipinski definition) is 0. The van der Waals surface area contributed by atoms with Gasteiger partial charge in [0.25, 0.3) is 0 Å². The highest BCUT2D eigenvalue weighted by Crippen LogP contribution is 2.58. The number of benzene rings is 1. The van der Waals surface area contributed by atoms with Crippen LogP contribution in [0.15, 0.2) is 24.3 Å². The molecule has 0 spiro atoms. The zero-order chi connectivity index (χ0) is 11.3. The summed E-state index contributed by atoms with van der Waals surface area (Å²) in [6.07, 6.45) is 8.51. The van der Waals surface area contributed by atoms with Gasteiger partial charge in [-0.15, -0.1) is 0 Å². The maximum absolute atomic E-state index is 2.82. The van der Waals surface area contributed by atoms with Crippen LogP contribution in [0.25, 0.3) is 0 Å². The van der Waals surface area contributed by atoms with E-state index in [1.165, 1.54) is 51.6 Å². The molecule has 0 unspecified atom stereocenters. The minimum Gasteiger partial charge on any atom is -0.294 e. The molecule has 1 nitrogen and oxygen atoms in total. The highest BCUT2D eigenvalue weighted by Gasteiger charge is 2.51. The monoisotopic (exact) mass is 227 g/mol. The minimum atomic E-state index is 0.446. The van der Waals surface area contributed by atoms with Crippen LogP contribution < -0.4 is 0 Å². The number of fused-ring (bicyclic) bond motifs is 5. The summed E-state index contributed by atoms with van der Waals surface area (Å²) in [5, 5.41) is 0. The Morgan fingerprint density at radius 3 is 2.76 bits per heavy atom. The van der Waals surface area contributed by atoms with Gasteiger partial charge in [0.2, 0.25) is 0 Å². The van der Waals surface area contributed by atoms with E-state index in [-0.39, 0.29) is 0 Å². The summed E-state index contributed by atoms with van der Waals surface area (Å²) in [4.78, 5) is 2.82. The Morgan fingerprint density at radius 2 is 1.88 bits per heavy atom. The van der Waals surface area contributed by atoms with E-state index in [0.29, 0.717) is 5.54 Å². The fraction of sp³-hybridized carbons (Fsp3) is 0.625. The highest BCUT2D eigenvalue weighted by atomic mass is 15.2. The quantitative estimate of drug-likeness (QED) is 0.708. The van der Waals surface area contributed by atoms with Crippen LogP contribution in [0.3, 0.4) is 0 Å². The van der Waals surface area contributed by atoms with Gasteiger partial charge in [0.1, 0.15) is 0 Å². The molecule has 0 radical (unpaired) electrons. The smallest absolute Gasteiger partial charge is 0.0469 e. The molecule has 1 saturated carbocycles. The van der Waals surface area contributed by atoms with Crippen molar-refractivity contribution >= 4 is 0 Å². The fourth-order valence-corrected chi connectivity index (χ4v) is 4.59. The molecule has 2 bridgehead atoms. The predicted molar refractivity (Wildman–Crippen MR) is 70.1 cm³/mol. The van der Waals surface area contributed by atoms with Crippen LogP contribution in [0.2, 0.25) is 0 Å². The second-order valence-corrected chi connectivity index (χ2v) is 6.11. The van der Waals surface area contributed by atoms with E-state index in [0.717, 1.165) is 5.92 Å². The summed E-state index contributed by atoms with van der Waals surface area (Å²) in [6.45, 7) is 2.67. The third kappa shape index (κ3) is 1.29. The third-order valence-corrected chi connectivity index (χ3v) is 5.35. The van der Waals surface area contributed by atoms with Gasteiger partial charge in [0.05, 0.1) is 0 Å². The van der Waals surface area contributed by atoms with Gasteiger partial charge in [-0.2, -0.15) is 0 Å². The highest BCUT2D eigenvalue weighted by molar-refractivity contribution is 5.45. The summed E-state index contributed by atoms with van der Waals surface area (Å²) in [7, 11) is 0. The summed E-state index contributed by atoms with van der Waals surface area (Å²) in [6, 6.07) is 9.25. The number of rotatable bonds is 1. The zero-order valence-corrected chi connectivity index (χ0v) is 10.5. The van der Waals surface area contributed by atoms with E-state index < -0.39 is 0 Å². The van der Waals surface area contributed by atoms with Gasteiger partial charge in [-0.1, -0.05) is 30.7 Å². The van der Waals surface area contributed by atoms with Crippen molar-refractivity contribution in [1.29, 1.82) is 0 Å². The van der Waals surface area contributed by atoms with Crippen LogP contribution >= 0.6 is 0 Å². The van der Waals surface area contributed by atoms with Crippen LogP contribution in [0.1, 0.15) is 55.6 Å². The third-order valence-electron chi connectivity index (χ3n) is 5.35. The Balaban J connectivity index is 1.78. The molecule has 90 valence electrons. The van der Waals surface area contributed by atoms with Gasteiger partial charge in [0, 0.05) is 5.54 Å².